The average molecular weight is 234 g/mol. The molecule has 2 rings (SSSR count). The summed E-state index contributed by atoms with van der Waals surface area (Å²) in [5, 5.41) is 9.66. The molecule has 0 aliphatic carbocycles. The molecule has 1 aliphatic rings. The number of aryl methyl sites for hydroxylation is 1. The van der Waals surface area contributed by atoms with Crippen LogP contribution in [0.3, 0.4) is 0 Å². The van der Waals surface area contributed by atoms with Gasteiger partial charge in [0, 0.05) is 25.2 Å². The van der Waals surface area contributed by atoms with Crippen molar-refractivity contribution in [3.8, 4) is 0 Å². The third-order valence-corrected chi connectivity index (χ3v) is 3.59. The highest BCUT2D eigenvalue weighted by molar-refractivity contribution is 5.30. The number of hydrogen-bond donors (Lipinski definition) is 2. The first-order valence-electron chi connectivity index (χ1n) is 6.33. The molecule has 1 aromatic carbocycles. The van der Waals surface area contributed by atoms with E-state index in [1.165, 1.54) is 11.1 Å². The number of hydrogen-bond acceptors (Lipinski definition) is 3. The van der Waals surface area contributed by atoms with Crippen molar-refractivity contribution in [2.24, 2.45) is 5.73 Å². The predicted octanol–water partition coefficient (Wildman–Crippen LogP) is 1.45. The maximum absolute atomic E-state index is 9.66. The third kappa shape index (κ3) is 2.68. The quantitative estimate of drug-likeness (QED) is 0.832. The van der Waals surface area contributed by atoms with Crippen LogP contribution in [0.4, 0.5) is 0 Å². The summed E-state index contributed by atoms with van der Waals surface area (Å²) < 4.78 is 0. The number of aliphatic hydroxyl groups is 1. The van der Waals surface area contributed by atoms with E-state index in [-0.39, 0.29) is 18.2 Å². The fourth-order valence-corrected chi connectivity index (χ4v) is 2.75. The lowest BCUT2D eigenvalue weighted by atomic mass is 9.95. The van der Waals surface area contributed by atoms with Crippen LogP contribution < -0.4 is 5.73 Å². The van der Waals surface area contributed by atoms with Crippen LogP contribution in [-0.4, -0.2) is 35.2 Å². The van der Waals surface area contributed by atoms with Crippen LogP contribution in [0.1, 0.15) is 30.5 Å². The molecule has 3 heteroatoms. The lowest BCUT2D eigenvalue weighted by molar-refractivity contribution is 0.151. The van der Waals surface area contributed by atoms with Gasteiger partial charge >= 0.3 is 0 Å². The number of aliphatic hydroxyl groups excluding tert-OH is 1. The van der Waals surface area contributed by atoms with Crippen LogP contribution in [0, 0.1) is 6.92 Å². The van der Waals surface area contributed by atoms with Gasteiger partial charge < -0.3 is 10.8 Å². The molecule has 0 saturated carbocycles. The highest BCUT2D eigenvalue weighted by atomic mass is 16.3. The summed E-state index contributed by atoms with van der Waals surface area (Å²) in [6.45, 7) is 5.83. The summed E-state index contributed by atoms with van der Waals surface area (Å²) in [7, 11) is 0. The Morgan fingerprint density at radius 1 is 1.41 bits per heavy atom. The Bertz CT molecular complexity index is 378. The Morgan fingerprint density at radius 2 is 2.12 bits per heavy atom. The molecular formula is C14H22N2O. The number of benzene rings is 1. The van der Waals surface area contributed by atoms with Crippen LogP contribution in [-0.2, 0) is 0 Å². The summed E-state index contributed by atoms with van der Waals surface area (Å²) >= 11 is 0. The molecule has 94 valence electrons. The molecule has 1 saturated heterocycles. The minimum atomic E-state index is -0.194. The maximum atomic E-state index is 9.66. The van der Waals surface area contributed by atoms with Crippen molar-refractivity contribution in [1.82, 2.24) is 4.90 Å². The van der Waals surface area contributed by atoms with Crippen LogP contribution in [0.2, 0.25) is 0 Å². The van der Waals surface area contributed by atoms with Gasteiger partial charge in [-0.05, 0) is 31.4 Å². The average Bonchev–Trinajstić information content (AvgIpc) is 2.68. The first-order chi connectivity index (χ1) is 8.09. The van der Waals surface area contributed by atoms with E-state index in [1.807, 2.05) is 6.92 Å². The smallest absolute Gasteiger partial charge is 0.0679 e. The van der Waals surface area contributed by atoms with Crippen molar-refractivity contribution in [3.63, 3.8) is 0 Å². The van der Waals surface area contributed by atoms with E-state index in [9.17, 15) is 5.11 Å². The van der Waals surface area contributed by atoms with Gasteiger partial charge in [0.1, 0.15) is 0 Å². The molecule has 0 radical (unpaired) electrons. The molecule has 0 bridgehead atoms. The molecule has 3 N–H and O–H groups in total. The molecule has 3 atom stereocenters. The molecule has 1 aliphatic heterocycles. The summed E-state index contributed by atoms with van der Waals surface area (Å²) in [5.74, 6) is 0. The Labute approximate surface area is 103 Å². The molecule has 1 heterocycles. The van der Waals surface area contributed by atoms with Crippen molar-refractivity contribution in [1.29, 1.82) is 0 Å². The molecule has 3 unspecified atom stereocenters. The molecule has 3 nitrogen and oxygen atoms in total. The lowest BCUT2D eigenvalue weighted by Crippen LogP contribution is -2.39. The normalized spacial score (nSPS) is 24.8. The standard InChI is InChI=1S/C14H22N2O/c1-10-5-3-4-6-13(10)14(11(2)15)16-8-7-12(17)9-16/h3-6,11-12,14,17H,7-9,15H2,1-2H3. The summed E-state index contributed by atoms with van der Waals surface area (Å²) in [4.78, 5) is 2.30. The first kappa shape index (κ1) is 12.6. The Hall–Kier alpha value is -0.900. The molecule has 0 spiro atoms. The Kier molecular flexibility index (Phi) is 3.82. The number of β-amino-alcohol motifs (C(OH)–C–C–N with tert-alkyl or cyclic N) is 1. The monoisotopic (exact) mass is 234 g/mol. The topological polar surface area (TPSA) is 49.5 Å². The zero-order chi connectivity index (χ0) is 12.4. The minimum absolute atomic E-state index is 0.0707. The molecule has 1 fully saturated rings. The van der Waals surface area contributed by atoms with Crippen LogP contribution in [0.25, 0.3) is 0 Å². The van der Waals surface area contributed by atoms with Gasteiger partial charge in [0.25, 0.3) is 0 Å². The fourth-order valence-electron chi connectivity index (χ4n) is 2.75. The van der Waals surface area contributed by atoms with Crippen molar-refractivity contribution >= 4 is 0 Å². The number of likely N-dealkylation sites (tertiary alicyclic amines) is 1. The Balaban J connectivity index is 2.27. The van der Waals surface area contributed by atoms with Crippen molar-refractivity contribution in [3.05, 3.63) is 35.4 Å². The number of nitrogens with zero attached hydrogens (tertiary/aromatic N) is 1. The van der Waals surface area contributed by atoms with Gasteiger partial charge in [-0.1, -0.05) is 24.3 Å². The molecule has 0 amide bonds. The largest absolute Gasteiger partial charge is 0.392 e. The van der Waals surface area contributed by atoms with Gasteiger partial charge in [0.05, 0.1) is 6.10 Å². The second-order valence-electron chi connectivity index (χ2n) is 5.10. The second kappa shape index (κ2) is 5.17. The van der Waals surface area contributed by atoms with Crippen LogP contribution >= 0.6 is 0 Å². The predicted molar refractivity (Wildman–Crippen MR) is 69.8 cm³/mol. The highest BCUT2D eigenvalue weighted by Gasteiger charge is 2.30. The van der Waals surface area contributed by atoms with E-state index >= 15 is 0 Å². The van der Waals surface area contributed by atoms with Crippen molar-refractivity contribution in [2.45, 2.75) is 38.5 Å². The van der Waals surface area contributed by atoms with E-state index in [2.05, 4.69) is 36.1 Å². The highest BCUT2D eigenvalue weighted by Crippen LogP contribution is 2.29. The zero-order valence-corrected chi connectivity index (χ0v) is 10.6. The van der Waals surface area contributed by atoms with Gasteiger partial charge in [-0.25, -0.2) is 0 Å². The van der Waals surface area contributed by atoms with E-state index in [0.717, 1.165) is 19.5 Å². The van der Waals surface area contributed by atoms with Gasteiger partial charge in [0.2, 0.25) is 0 Å². The van der Waals surface area contributed by atoms with Crippen LogP contribution in [0.5, 0.6) is 0 Å². The summed E-state index contributed by atoms with van der Waals surface area (Å²) in [5.41, 5.74) is 8.70. The number of nitrogens with two attached hydrogens (primary N) is 1. The minimum Gasteiger partial charge on any atom is -0.392 e. The summed E-state index contributed by atoms with van der Waals surface area (Å²) in [6, 6.07) is 8.67. The molecular weight excluding hydrogens is 212 g/mol. The SMILES string of the molecule is Cc1ccccc1C(C(C)N)N1CCC(O)C1. The lowest BCUT2D eigenvalue weighted by Gasteiger charge is -2.32. The van der Waals surface area contributed by atoms with Crippen molar-refractivity contribution in [2.75, 3.05) is 13.1 Å². The van der Waals surface area contributed by atoms with E-state index in [0.29, 0.717) is 0 Å². The van der Waals surface area contributed by atoms with E-state index < -0.39 is 0 Å². The zero-order valence-electron chi connectivity index (χ0n) is 10.6. The van der Waals surface area contributed by atoms with E-state index in [1.54, 1.807) is 0 Å². The van der Waals surface area contributed by atoms with E-state index in [4.69, 9.17) is 5.73 Å². The third-order valence-electron chi connectivity index (χ3n) is 3.59. The Morgan fingerprint density at radius 3 is 2.65 bits per heavy atom. The molecule has 0 aromatic heterocycles. The molecule has 1 aromatic rings. The van der Waals surface area contributed by atoms with Gasteiger partial charge in [0.15, 0.2) is 0 Å². The fraction of sp³-hybridized carbons (Fsp3) is 0.571. The van der Waals surface area contributed by atoms with Crippen molar-refractivity contribution < 1.29 is 5.11 Å². The van der Waals surface area contributed by atoms with Gasteiger partial charge in [-0.15, -0.1) is 0 Å². The maximum Gasteiger partial charge on any atom is 0.0679 e. The van der Waals surface area contributed by atoms with Crippen LogP contribution in [0.15, 0.2) is 24.3 Å². The second-order valence-corrected chi connectivity index (χ2v) is 5.10. The van der Waals surface area contributed by atoms with Gasteiger partial charge in [-0.2, -0.15) is 0 Å². The van der Waals surface area contributed by atoms with Gasteiger partial charge in [-0.3, -0.25) is 4.90 Å². The first-order valence-corrected chi connectivity index (χ1v) is 6.33. The molecule has 17 heavy (non-hydrogen) atoms. The number of rotatable bonds is 3. The summed E-state index contributed by atoms with van der Waals surface area (Å²) in [6.07, 6.45) is 0.662.